The predicted molar refractivity (Wildman–Crippen MR) is 205 cm³/mol. The molecule has 3 aromatic carbocycles. The molecule has 9 atom stereocenters. The third-order valence-corrected chi connectivity index (χ3v) is 10.4. The highest BCUT2D eigenvalue weighted by Crippen LogP contribution is 2.23. The number of aromatic hydroxyl groups is 1. The molecule has 2 fully saturated rings. The summed E-state index contributed by atoms with van der Waals surface area (Å²) in [6.45, 7) is 0.274. The molecule has 17 heteroatoms. The molecule has 5 amide bonds. The van der Waals surface area contributed by atoms with Gasteiger partial charge in [-0.2, -0.15) is 0 Å². The number of rotatable bonds is 14. The molecule has 302 valence electrons. The quantitative estimate of drug-likeness (QED) is 0.0710. The number of H-pyrrole nitrogens is 1. The fourth-order valence-corrected chi connectivity index (χ4v) is 7.29. The fraction of sp³-hybridized carbons (Fsp3) is 0.375. The summed E-state index contributed by atoms with van der Waals surface area (Å²) in [5, 5.41) is 49.6. The number of para-hydroxylation sites is 1. The molecule has 0 aliphatic carbocycles. The van der Waals surface area contributed by atoms with E-state index in [4.69, 9.17) is 16.2 Å². The van der Waals surface area contributed by atoms with Crippen molar-refractivity contribution < 1.29 is 49.1 Å². The van der Waals surface area contributed by atoms with Gasteiger partial charge in [0.1, 0.15) is 42.2 Å². The van der Waals surface area contributed by atoms with E-state index in [1.807, 2.05) is 24.3 Å². The maximum atomic E-state index is 14.4. The molecular formula is C40H47N7O10. The third-order valence-electron chi connectivity index (χ3n) is 10.4. The maximum Gasteiger partial charge on any atom is 0.249 e. The van der Waals surface area contributed by atoms with Crippen molar-refractivity contribution in [1.29, 1.82) is 0 Å². The molecular weight excluding hydrogens is 738 g/mol. The Morgan fingerprint density at radius 2 is 1.47 bits per heavy atom. The van der Waals surface area contributed by atoms with Crippen LogP contribution in [0, 0.1) is 0 Å². The van der Waals surface area contributed by atoms with E-state index < -0.39 is 84.3 Å². The van der Waals surface area contributed by atoms with E-state index in [2.05, 4.69) is 20.9 Å². The molecule has 12 N–H and O–H groups in total. The molecule has 0 unspecified atom stereocenters. The molecule has 2 aliphatic heterocycles. The summed E-state index contributed by atoms with van der Waals surface area (Å²) in [6.07, 6.45) is -6.43. The second kappa shape index (κ2) is 18.0. The standard InChI is InChI=1S/C40H47N7O10/c41-26(17-22-12-14-24(48)15-13-22)40(56)47-16-6-11-30(47)38(55)45-29(19-23-20-43-27-10-5-4-9-25(23)27)36(53)44-28(18-21-7-2-1-3-8-21)37(54)46-39-33(51)31(49)32(50)34(57-39)35(42)52/h1-5,7-10,12-15,20,26,28-34,39,43,48-51H,6,11,16-19,41H2,(H2,42,52)(H,44,53)(H,45,55)(H,46,54)/t26-,28-,29-,30-,31-,32-,33+,34-,39+/m0/s1. The summed E-state index contributed by atoms with van der Waals surface area (Å²) in [7, 11) is 0. The molecule has 2 saturated heterocycles. The number of nitrogens with one attached hydrogen (secondary N) is 4. The van der Waals surface area contributed by atoms with Gasteiger partial charge in [-0.3, -0.25) is 24.0 Å². The number of ether oxygens (including phenoxy) is 1. The van der Waals surface area contributed by atoms with Gasteiger partial charge in [-0.05, 0) is 54.2 Å². The minimum Gasteiger partial charge on any atom is -0.508 e. The summed E-state index contributed by atoms with van der Waals surface area (Å²) in [4.78, 5) is 72.4. The van der Waals surface area contributed by atoms with Crippen LogP contribution in [0.5, 0.6) is 5.75 Å². The Kier molecular flexibility index (Phi) is 12.9. The number of likely N-dealkylation sites (tertiary alicyclic amines) is 1. The average Bonchev–Trinajstić information content (AvgIpc) is 3.86. The van der Waals surface area contributed by atoms with Crippen LogP contribution in [0.1, 0.15) is 29.5 Å². The van der Waals surface area contributed by atoms with Crippen LogP contribution in [-0.2, 0) is 48.0 Å². The number of benzene rings is 3. The summed E-state index contributed by atoms with van der Waals surface area (Å²) in [5.41, 5.74) is 14.5. The zero-order chi connectivity index (χ0) is 40.8. The Hall–Kier alpha value is -5.85. The number of aromatic amines is 1. The third kappa shape index (κ3) is 9.58. The molecule has 0 spiro atoms. The number of aromatic nitrogens is 1. The number of carbonyl (C=O) groups is 5. The number of fused-ring (bicyclic) bond motifs is 1. The van der Waals surface area contributed by atoms with Crippen molar-refractivity contribution in [3.63, 3.8) is 0 Å². The maximum absolute atomic E-state index is 14.4. The molecule has 0 radical (unpaired) electrons. The largest absolute Gasteiger partial charge is 0.508 e. The van der Waals surface area contributed by atoms with Crippen molar-refractivity contribution in [2.24, 2.45) is 11.5 Å². The lowest BCUT2D eigenvalue weighted by molar-refractivity contribution is -0.226. The summed E-state index contributed by atoms with van der Waals surface area (Å²) >= 11 is 0. The van der Waals surface area contributed by atoms with Gasteiger partial charge in [0.15, 0.2) is 12.3 Å². The Labute approximate surface area is 327 Å². The Morgan fingerprint density at radius 3 is 2.19 bits per heavy atom. The molecule has 1 aromatic heterocycles. The number of nitrogens with two attached hydrogens (primary N) is 2. The van der Waals surface area contributed by atoms with Crippen molar-refractivity contribution in [2.75, 3.05) is 6.54 Å². The average molecular weight is 786 g/mol. The van der Waals surface area contributed by atoms with Crippen molar-refractivity contribution in [3.8, 4) is 5.75 Å². The highest BCUT2D eigenvalue weighted by molar-refractivity contribution is 5.96. The topological polar surface area (TPSA) is 283 Å². The van der Waals surface area contributed by atoms with Crippen LogP contribution in [0.25, 0.3) is 10.9 Å². The smallest absolute Gasteiger partial charge is 0.249 e. The van der Waals surface area contributed by atoms with Crippen LogP contribution in [0.4, 0.5) is 0 Å². The number of aliphatic hydroxyl groups is 3. The van der Waals surface area contributed by atoms with E-state index in [1.165, 1.54) is 17.0 Å². The first-order chi connectivity index (χ1) is 27.3. The number of hydrogen-bond acceptors (Lipinski definition) is 11. The van der Waals surface area contributed by atoms with Gasteiger partial charge in [-0.25, -0.2) is 0 Å². The minimum atomic E-state index is -1.90. The number of phenolic OH excluding ortho intramolecular Hbond substituents is 1. The van der Waals surface area contributed by atoms with Crippen LogP contribution in [0.2, 0.25) is 0 Å². The molecule has 57 heavy (non-hydrogen) atoms. The van der Waals surface area contributed by atoms with E-state index in [-0.39, 0.29) is 31.6 Å². The van der Waals surface area contributed by atoms with Gasteiger partial charge in [-0.15, -0.1) is 0 Å². The summed E-state index contributed by atoms with van der Waals surface area (Å²) < 4.78 is 5.38. The Morgan fingerprint density at radius 1 is 0.807 bits per heavy atom. The number of carbonyl (C=O) groups excluding carboxylic acids is 5. The second-order valence-electron chi connectivity index (χ2n) is 14.4. The fourth-order valence-electron chi connectivity index (χ4n) is 7.29. The van der Waals surface area contributed by atoms with E-state index in [1.54, 1.807) is 48.7 Å². The number of phenols is 1. The van der Waals surface area contributed by atoms with Crippen molar-refractivity contribution in [3.05, 3.63) is 102 Å². The van der Waals surface area contributed by atoms with E-state index in [9.17, 15) is 44.4 Å². The van der Waals surface area contributed by atoms with Crippen LogP contribution in [0.3, 0.4) is 0 Å². The first-order valence-corrected chi connectivity index (χ1v) is 18.6. The lowest BCUT2D eigenvalue weighted by Crippen LogP contribution is -2.66. The molecule has 0 saturated carbocycles. The molecule has 0 bridgehead atoms. The lowest BCUT2D eigenvalue weighted by Gasteiger charge is -2.39. The lowest BCUT2D eigenvalue weighted by atomic mass is 9.97. The SMILES string of the molecule is NC(=O)[C@H]1O[C@@H](NC(=O)[C@H](Cc2ccccc2)NC(=O)[C@H](Cc2c[nH]c3ccccc23)NC(=O)[C@@H]2CCCN2C(=O)[C@@H](N)Cc2ccc(O)cc2)[C@H](O)[C@@H](O)[C@@H]1O. The van der Waals surface area contributed by atoms with E-state index >= 15 is 0 Å². The van der Waals surface area contributed by atoms with Crippen LogP contribution in [0.15, 0.2) is 85.1 Å². The Balaban J connectivity index is 1.23. The molecule has 6 rings (SSSR count). The number of amides is 5. The van der Waals surface area contributed by atoms with Gasteiger partial charge in [0.05, 0.1) is 6.04 Å². The van der Waals surface area contributed by atoms with Crippen LogP contribution < -0.4 is 27.4 Å². The van der Waals surface area contributed by atoms with Crippen molar-refractivity contribution in [1.82, 2.24) is 25.8 Å². The molecule has 2 aliphatic rings. The van der Waals surface area contributed by atoms with Gasteiger partial charge >= 0.3 is 0 Å². The van der Waals surface area contributed by atoms with Crippen LogP contribution in [-0.4, -0.2) is 121 Å². The van der Waals surface area contributed by atoms with Crippen molar-refractivity contribution >= 4 is 40.4 Å². The number of nitrogens with zero attached hydrogens (tertiary/aromatic N) is 1. The number of primary amides is 1. The monoisotopic (exact) mass is 785 g/mol. The summed E-state index contributed by atoms with van der Waals surface area (Å²) in [5.74, 6) is -3.73. The van der Waals surface area contributed by atoms with Gasteiger partial charge in [-0.1, -0.05) is 60.7 Å². The van der Waals surface area contributed by atoms with Gasteiger partial charge in [0, 0.05) is 36.5 Å². The molecule has 3 heterocycles. The molecule has 4 aromatic rings. The highest BCUT2D eigenvalue weighted by Gasteiger charge is 2.47. The van der Waals surface area contributed by atoms with Gasteiger partial charge in [0.25, 0.3) is 0 Å². The zero-order valence-corrected chi connectivity index (χ0v) is 30.9. The minimum absolute atomic E-state index is 0.0167. The second-order valence-corrected chi connectivity index (χ2v) is 14.4. The Bertz CT molecular complexity index is 2060. The highest BCUT2D eigenvalue weighted by atomic mass is 16.6. The van der Waals surface area contributed by atoms with Gasteiger partial charge in [0.2, 0.25) is 29.5 Å². The van der Waals surface area contributed by atoms with E-state index in [0.29, 0.717) is 24.0 Å². The zero-order valence-electron chi connectivity index (χ0n) is 30.9. The first-order valence-electron chi connectivity index (χ1n) is 18.6. The predicted octanol–water partition coefficient (Wildman–Crippen LogP) is -1.40. The normalized spacial score (nSPS) is 23.6. The van der Waals surface area contributed by atoms with E-state index in [0.717, 1.165) is 16.5 Å². The number of aliphatic hydroxyl groups excluding tert-OH is 3. The number of hydrogen-bond donors (Lipinski definition) is 10. The first kappa shape index (κ1) is 40.8. The van der Waals surface area contributed by atoms with Crippen LogP contribution >= 0.6 is 0 Å². The summed E-state index contributed by atoms with van der Waals surface area (Å²) in [6, 6.07) is 17.9. The van der Waals surface area contributed by atoms with Crippen molar-refractivity contribution in [2.45, 2.75) is 86.9 Å². The molecule has 17 nitrogen and oxygen atoms in total. The van der Waals surface area contributed by atoms with Gasteiger partial charge < -0.3 is 62.5 Å².